The number of ether oxygens (including phenoxy) is 2. The number of aliphatic hydroxyl groups is 2. The van der Waals surface area contributed by atoms with E-state index in [-0.39, 0.29) is 52.2 Å². The summed E-state index contributed by atoms with van der Waals surface area (Å²) in [5.74, 6) is 2.28. The molecule has 7 heteroatoms. The molecular formula is C79H90F2HfO4. The molecule has 0 aliphatic rings. The number of hydrogen-bond acceptors (Lipinski definition) is 2. The first kappa shape index (κ1) is 66.7. The third-order valence-corrected chi connectivity index (χ3v) is 16.7. The Morgan fingerprint density at radius 3 is 0.919 bits per heavy atom. The number of halogens is 2. The molecule has 0 fully saturated rings. The van der Waals surface area contributed by atoms with Crippen molar-refractivity contribution in [2.24, 2.45) is 23.7 Å². The van der Waals surface area contributed by atoms with Crippen LogP contribution in [0.1, 0.15) is 117 Å². The second kappa shape index (κ2) is 27.5. The summed E-state index contributed by atoms with van der Waals surface area (Å²) in [5.41, 5.74) is 17.4. The van der Waals surface area contributed by atoms with Crippen molar-refractivity contribution in [1.29, 1.82) is 0 Å². The summed E-state index contributed by atoms with van der Waals surface area (Å²) in [6.07, 6.45) is 4.26. The van der Waals surface area contributed by atoms with Gasteiger partial charge in [-0.2, -0.15) is 0 Å². The SMILES string of the molecule is Cc1cc(-c2cc(F)ccc2[OH+]CCC[OH+]c2ccc(F)cc2-c2cc(C)cc(-c3c4cc(CC(C)C)c(C)cc4cc4cc(C)c(CC(C)C)cc34)c2O)c(O)c(-c2c3cc(CC(C)C)c(C)cc3cc3cc(C)c(CC(C)C)cc23)c1.[CH3-].[CH3-].[Hf]. The van der Waals surface area contributed by atoms with Gasteiger partial charge in [-0.25, -0.2) is 8.78 Å². The van der Waals surface area contributed by atoms with Crippen LogP contribution in [0, 0.1) is 91.7 Å². The van der Waals surface area contributed by atoms with Crippen LogP contribution < -0.4 is 0 Å². The summed E-state index contributed by atoms with van der Waals surface area (Å²) in [6.45, 7) is 31.5. The van der Waals surface area contributed by atoms with Crippen LogP contribution in [0.25, 0.3) is 87.6 Å². The Kier molecular flexibility index (Phi) is 21.3. The molecular weight excluding hydrogens is 1230 g/mol. The summed E-state index contributed by atoms with van der Waals surface area (Å²) in [4.78, 5) is 0. The summed E-state index contributed by atoms with van der Waals surface area (Å²) >= 11 is 0. The molecule has 0 radical (unpaired) electrons. The zero-order valence-corrected chi connectivity index (χ0v) is 57.4. The van der Waals surface area contributed by atoms with Crippen LogP contribution in [-0.4, -0.2) is 32.9 Å². The van der Waals surface area contributed by atoms with Crippen LogP contribution in [0.2, 0.25) is 0 Å². The number of aromatic hydroxyl groups is 4. The van der Waals surface area contributed by atoms with E-state index in [1.54, 1.807) is 12.1 Å². The molecule has 0 amide bonds. The molecule has 0 aromatic heterocycles. The zero-order chi connectivity index (χ0) is 59.3. The molecule has 0 aliphatic carbocycles. The molecule has 10 rings (SSSR count). The van der Waals surface area contributed by atoms with Gasteiger partial charge in [0.2, 0.25) is 0 Å². The third-order valence-electron chi connectivity index (χ3n) is 16.7. The molecule has 0 spiro atoms. The fraction of sp³-hybridized carbons (Fsp3) is 0.316. The molecule has 86 heavy (non-hydrogen) atoms. The Balaban J connectivity index is 0.00000353. The average molecular weight is 1320 g/mol. The summed E-state index contributed by atoms with van der Waals surface area (Å²) < 4.78 is 41.3. The van der Waals surface area contributed by atoms with Crippen molar-refractivity contribution >= 4 is 43.1 Å². The summed E-state index contributed by atoms with van der Waals surface area (Å²) in [6, 6.07) is 40.2. The Bertz CT molecular complexity index is 3740. The molecule has 4 N–H and O–H groups in total. The van der Waals surface area contributed by atoms with Crippen LogP contribution in [0.15, 0.2) is 121 Å². The van der Waals surface area contributed by atoms with Crippen molar-refractivity contribution in [3.63, 3.8) is 0 Å². The fourth-order valence-corrected chi connectivity index (χ4v) is 12.8. The maximum atomic E-state index is 15.6. The van der Waals surface area contributed by atoms with Gasteiger partial charge in [0.25, 0.3) is 11.5 Å². The van der Waals surface area contributed by atoms with Crippen molar-refractivity contribution in [2.75, 3.05) is 13.2 Å². The molecule has 0 atom stereocenters. The van der Waals surface area contributed by atoms with E-state index in [2.05, 4.69) is 156 Å². The Morgan fingerprint density at radius 2 is 0.640 bits per heavy atom. The number of aryl methyl sites for hydroxylation is 6. The molecule has 0 saturated carbocycles. The molecule has 448 valence electrons. The molecule has 0 unspecified atom stereocenters. The minimum absolute atomic E-state index is 0. The monoisotopic (exact) mass is 1320 g/mol. The third kappa shape index (κ3) is 13.9. The topological polar surface area (TPSA) is 66.1 Å². The van der Waals surface area contributed by atoms with E-state index >= 15 is 8.78 Å². The van der Waals surface area contributed by atoms with Crippen molar-refractivity contribution in [1.82, 2.24) is 0 Å². The fourth-order valence-electron chi connectivity index (χ4n) is 12.8. The molecule has 0 heterocycles. The van der Waals surface area contributed by atoms with Crippen LogP contribution in [0.3, 0.4) is 0 Å². The van der Waals surface area contributed by atoms with Gasteiger partial charge in [0.1, 0.15) is 29.6 Å². The quantitative estimate of drug-likeness (QED) is 0.0296. The number of hydrogen-bond donors (Lipinski definition) is 2. The maximum absolute atomic E-state index is 15.6. The van der Waals surface area contributed by atoms with E-state index in [1.807, 2.05) is 26.0 Å². The molecule has 10 aromatic rings. The van der Waals surface area contributed by atoms with Crippen LogP contribution >= 0.6 is 0 Å². The van der Waals surface area contributed by atoms with E-state index in [0.717, 1.165) is 91.0 Å². The van der Waals surface area contributed by atoms with Gasteiger partial charge in [-0.1, -0.05) is 104 Å². The molecule has 10 aromatic carbocycles. The predicted octanol–water partition coefficient (Wildman–Crippen LogP) is 21.8. The Morgan fingerprint density at radius 1 is 0.360 bits per heavy atom. The van der Waals surface area contributed by atoms with E-state index < -0.39 is 11.6 Å². The average Bonchev–Trinajstić information content (AvgIpc) is 0.864. The van der Waals surface area contributed by atoms with E-state index in [9.17, 15) is 10.2 Å². The number of rotatable bonds is 18. The van der Waals surface area contributed by atoms with Gasteiger partial charge >= 0.3 is 0 Å². The number of phenols is 2. The minimum atomic E-state index is -0.424. The van der Waals surface area contributed by atoms with Crippen LogP contribution in [0.5, 0.6) is 23.0 Å². The summed E-state index contributed by atoms with van der Waals surface area (Å²) in [5, 5.41) is 34.3. The number of benzene rings is 10. The van der Waals surface area contributed by atoms with Gasteiger partial charge in [0.15, 0.2) is 13.2 Å². The van der Waals surface area contributed by atoms with Gasteiger partial charge in [-0.3, -0.25) is 0 Å². The maximum Gasteiger partial charge on any atom is 0.262 e. The first-order chi connectivity index (χ1) is 39.5. The van der Waals surface area contributed by atoms with Gasteiger partial charge in [0, 0.05) is 71.4 Å². The molecule has 0 bridgehead atoms. The van der Waals surface area contributed by atoms with Crippen LogP contribution in [-0.2, 0) is 51.5 Å². The largest absolute Gasteiger partial charge is 0.582 e. The molecule has 0 saturated heterocycles. The van der Waals surface area contributed by atoms with Crippen LogP contribution in [0.4, 0.5) is 8.78 Å². The van der Waals surface area contributed by atoms with Crippen molar-refractivity contribution in [3.8, 4) is 67.5 Å². The Labute approximate surface area is 530 Å². The zero-order valence-electron chi connectivity index (χ0n) is 53.9. The minimum Gasteiger partial charge on any atom is -0.582 e. The smallest absolute Gasteiger partial charge is 0.262 e. The second-order valence-electron chi connectivity index (χ2n) is 25.8. The second-order valence-corrected chi connectivity index (χ2v) is 25.8. The first-order valence-corrected chi connectivity index (χ1v) is 30.1. The number of phenolic OH excluding ortho intramolecular Hbond substituents is 2. The van der Waals surface area contributed by atoms with Gasteiger partial charge < -0.3 is 34.5 Å². The predicted molar refractivity (Wildman–Crippen MR) is 361 cm³/mol. The molecule has 0 aliphatic heterocycles. The van der Waals surface area contributed by atoms with Gasteiger partial charge in [-0.05, 0) is 250 Å². The first-order valence-electron chi connectivity index (χ1n) is 30.1. The van der Waals surface area contributed by atoms with Gasteiger partial charge in [-0.15, -0.1) is 0 Å². The van der Waals surface area contributed by atoms with E-state index in [0.29, 0.717) is 88.2 Å². The Hall–Kier alpha value is -6.83. The van der Waals surface area contributed by atoms with Gasteiger partial charge in [0.05, 0.1) is 11.1 Å². The van der Waals surface area contributed by atoms with E-state index in [4.69, 9.17) is 9.47 Å². The van der Waals surface area contributed by atoms with Crippen molar-refractivity contribution < 1.29 is 54.3 Å². The van der Waals surface area contributed by atoms with Crippen molar-refractivity contribution in [2.45, 2.75) is 129 Å². The normalized spacial score (nSPS) is 11.6. The van der Waals surface area contributed by atoms with Crippen molar-refractivity contribution in [3.05, 3.63) is 203 Å². The number of fused-ring (bicyclic) bond motifs is 4. The summed E-state index contributed by atoms with van der Waals surface area (Å²) in [7, 11) is 0. The molecule has 4 nitrogen and oxygen atoms in total. The van der Waals surface area contributed by atoms with E-state index in [1.165, 1.54) is 68.8 Å². The standard InChI is InChI=1S/C77H82F2O4.2CH3.Hf/c1-42(2)22-52-36-62-56(30-48(52)11)34-57-31-49(12)53(23-43(3)4)37-63(57)74(62)70-28-46(9)26-68(76(70)80)66-40-60(78)16-18-72(66)82-20-15-21-83-73-19-17-61(79)41-67(73)69-27-47(10)29-71(77(69)81)75-64-38-54(24-44(5)6)50(13)32-58(64)35-59-33-51(14)55(25-45(7)8)39-65(59)75;;;/h16-19,26-45,80-81H,15,20-25H2,1-14H3;2*1H3;/q;2*-1;/p+2.